The van der Waals surface area contributed by atoms with E-state index in [0.29, 0.717) is 5.41 Å². The molecule has 0 aromatic rings. The van der Waals surface area contributed by atoms with Crippen molar-refractivity contribution in [2.24, 2.45) is 11.1 Å². The first-order valence-corrected chi connectivity index (χ1v) is 4.62. The van der Waals surface area contributed by atoms with Gasteiger partial charge in [0.1, 0.15) is 0 Å². The van der Waals surface area contributed by atoms with Crippen LogP contribution in [-0.4, -0.2) is 18.6 Å². The van der Waals surface area contributed by atoms with Gasteiger partial charge in [0.25, 0.3) is 0 Å². The molecular weight excluding hydrogens is 136 g/mol. The van der Waals surface area contributed by atoms with Crippen molar-refractivity contribution in [2.45, 2.75) is 38.1 Å². The molecule has 0 aromatic carbocycles. The molecule has 1 saturated carbocycles. The monoisotopic (exact) mass is 154 g/mol. The fourth-order valence-electron chi connectivity index (χ4n) is 2.97. The van der Waals surface area contributed by atoms with Crippen molar-refractivity contribution in [3.8, 4) is 0 Å². The molecule has 1 heterocycles. The predicted octanol–water partition coefficient (Wildman–Crippen LogP) is 0.867. The number of nitrogens with one attached hydrogen (secondary N) is 1. The third-order valence-electron chi connectivity index (χ3n) is 3.22. The Bertz CT molecular complexity index is 147. The molecule has 2 fully saturated rings. The molecule has 2 nitrogen and oxygen atoms in total. The van der Waals surface area contributed by atoms with E-state index in [-0.39, 0.29) is 5.54 Å². The highest BCUT2D eigenvalue weighted by molar-refractivity contribution is 5.05. The molecule has 2 aliphatic rings. The number of hydrogen-bond donors (Lipinski definition) is 2. The van der Waals surface area contributed by atoms with Crippen molar-refractivity contribution in [1.29, 1.82) is 0 Å². The second-order valence-corrected chi connectivity index (χ2v) is 4.76. The molecule has 3 N–H and O–H groups in total. The van der Waals surface area contributed by atoms with Crippen LogP contribution in [0.1, 0.15) is 32.6 Å². The lowest BCUT2D eigenvalue weighted by molar-refractivity contribution is 0.00950. The Labute approximate surface area is 68.5 Å². The van der Waals surface area contributed by atoms with Crippen LogP contribution in [0.5, 0.6) is 0 Å². The van der Waals surface area contributed by atoms with Crippen LogP contribution in [0, 0.1) is 5.41 Å². The number of rotatable bonds is 0. The maximum Gasteiger partial charge on any atom is 0.0136 e. The maximum absolute atomic E-state index is 6.01. The Morgan fingerprint density at radius 1 is 1.18 bits per heavy atom. The highest BCUT2D eigenvalue weighted by Gasteiger charge is 2.49. The first-order valence-electron chi connectivity index (χ1n) is 4.62. The van der Waals surface area contributed by atoms with Crippen LogP contribution in [0.4, 0.5) is 0 Å². The van der Waals surface area contributed by atoms with Gasteiger partial charge in [0, 0.05) is 5.54 Å². The standard InChI is InChI=1S/C9H18N2/c1-8(10)6-9(7-8)2-4-11-5-3-9/h11H,2-7,10H2,1H3. The first-order chi connectivity index (χ1) is 5.12. The minimum absolute atomic E-state index is 0.164. The summed E-state index contributed by atoms with van der Waals surface area (Å²) in [5.41, 5.74) is 6.82. The molecular formula is C9H18N2. The SMILES string of the molecule is CC1(N)CC2(CCNCC2)C1. The van der Waals surface area contributed by atoms with Crippen LogP contribution in [-0.2, 0) is 0 Å². The zero-order valence-corrected chi connectivity index (χ0v) is 7.32. The molecule has 2 heteroatoms. The first kappa shape index (κ1) is 7.56. The van der Waals surface area contributed by atoms with E-state index in [1.165, 1.54) is 38.8 Å². The molecule has 0 amide bonds. The molecule has 11 heavy (non-hydrogen) atoms. The molecule has 0 atom stereocenters. The van der Waals surface area contributed by atoms with E-state index in [1.807, 2.05) is 0 Å². The van der Waals surface area contributed by atoms with E-state index in [9.17, 15) is 0 Å². The zero-order valence-electron chi connectivity index (χ0n) is 7.32. The molecule has 2 rings (SSSR count). The van der Waals surface area contributed by atoms with Gasteiger partial charge in [0.05, 0.1) is 0 Å². The highest BCUT2D eigenvalue weighted by atomic mass is 14.9. The van der Waals surface area contributed by atoms with Gasteiger partial charge in [-0.2, -0.15) is 0 Å². The quantitative estimate of drug-likeness (QED) is 0.543. The summed E-state index contributed by atoms with van der Waals surface area (Å²) >= 11 is 0. The van der Waals surface area contributed by atoms with Crippen LogP contribution in [0.2, 0.25) is 0 Å². The summed E-state index contributed by atoms with van der Waals surface area (Å²) in [7, 11) is 0. The lowest BCUT2D eigenvalue weighted by atomic mass is 9.55. The Hall–Kier alpha value is -0.0800. The van der Waals surface area contributed by atoms with E-state index in [0.717, 1.165) is 0 Å². The third kappa shape index (κ3) is 1.30. The second kappa shape index (κ2) is 2.20. The summed E-state index contributed by atoms with van der Waals surface area (Å²) in [4.78, 5) is 0. The molecule has 64 valence electrons. The predicted molar refractivity (Wildman–Crippen MR) is 46.4 cm³/mol. The lowest BCUT2D eigenvalue weighted by Gasteiger charge is -2.55. The van der Waals surface area contributed by atoms with Crippen LogP contribution in [0.25, 0.3) is 0 Å². The van der Waals surface area contributed by atoms with Crippen LogP contribution in [0.3, 0.4) is 0 Å². The molecule has 0 radical (unpaired) electrons. The average molecular weight is 154 g/mol. The van der Waals surface area contributed by atoms with Crippen LogP contribution < -0.4 is 11.1 Å². The Morgan fingerprint density at radius 2 is 1.73 bits per heavy atom. The van der Waals surface area contributed by atoms with Crippen LogP contribution >= 0.6 is 0 Å². The molecule has 1 spiro atoms. The third-order valence-corrected chi connectivity index (χ3v) is 3.22. The van der Waals surface area contributed by atoms with Gasteiger partial charge in [0.2, 0.25) is 0 Å². The zero-order chi connectivity index (χ0) is 7.95. The Balaban J connectivity index is 1.94. The molecule has 1 saturated heterocycles. The van der Waals surface area contributed by atoms with E-state index < -0.39 is 0 Å². The highest BCUT2D eigenvalue weighted by Crippen LogP contribution is 2.52. The fourth-order valence-corrected chi connectivity index (χ4v) is 2.97. The minimum atomic E-state index is 0.164. The average Bonchev–Trinajstić information content (AvgIpc) is 1.85. The van der Waals surface area contributed by atoms with E-state index in [4.69, 9.17) is 5.73 Å². The molecule has 1 aliphatic heterocycles. The lowest BCUT2D eigenvalue weighted by Crippen LogP contribution is -2.58. The summed E-state index contributed by atoms with van der Waals surface area (Å²) in [6.07, 6.45) is 5.20. The van der Waals surface area contributed by atoms with E-state index >= 15 is 0 Å². The van der Waals surface area contributed by atoms with E-state index in [1.54, 1.807) is 0 Å². The van der Waals surface area contributed by atoms with Gasteiger partial charge in [-0.1, -0.05) is 0 Å². The second-order valence-electron chi connectivity index (χ2n) is 4.76. The van der Waals surface area contributed by atoms with Gasteiger partial charge < -0.3 is 11.1 Å². The Morgan fingerprint density at radius 3 is 2.18 bits per heavy atom. The van der Waals surface area contributed by atoms with Crippen molar-refractivity contribution in [3.63, 3.8) is 0 Å². The summed E-state index contributed by atoms with van der Waals surface area (Å²) in [5.74, 6) is 0. The maximum atomic E-state index is 6.01. The normalized spacial score (nSPS) is 33.3. The minimum Gasteiger partial charge on any atom is -0.325 e. The van der Waals surface area contributed by atoms with Gasteiger partial charge in [0.15, 0.2) is 0 Å². The fraction of sp³-hybridized carbons (Fsp3) is 1.00. The molecule has 0 aromatic heterocycles. The number of nitrogens with two attached hydrogens (primary N) is 1. The molecule has 1 aliphatic carbocycles. The molecule has 0 bridgehead atoms. The summed E-state index contributed by atoms with van der Waals surface area (Å²) in [6.45, 7) is 4.59. The number of piperidine rings is 1. The largest absolute Gasteiger partial charge is 0.325 e. The topological polar surface area (TPSA) is 38.0 Å². The van der Waals surface area contributed by atoms with Gasteiger partial charge in [-0.05, 0) is 51.1 Å². The van der Waals surface area contributed by atoms with Crippen molar-refractivity contribution < 1.29 is 0 Å². The van der Waals surface area contributed by atoms with Gasteiger partial charge in [-0.25, -0.2) is 0 Å². The summed E-state index contributed by atoms with van der Waals surface area (Å²) in [5, 5.41) is 3.39. The van der Waals surface area contributed by atoms with E-state index in [2.05, 4.69) is 12.2 Å². The number of hydrogen-bond acceptors (Lipinski definition) is 2. The smallest absolute Gasteiger partial charge is 0.0136 e. The van der Waals surface area contributed by atoms with Gasteiger partial charge >= 0.3 is 0 Å². The van der Waals surface area contributed by atoms with Crippen molar-refractivity contribution in [3.05, 3.63) is 0 Å². The summed E-state index contributed by atoms with van der Waals surface area (Å²) < 4.78 is 0. The van der Waals surface area contributed by atoms with Gasteiger partial charge in [-0.3, -0.25) is 0 Å². The van der Waals surface area contributed by atoms with Gasteiger partial charge in [-0.15, -0.1) is 0 Å². The van der Waals surface area contributed by atoms with Crippen molar-refractivity contribution in [1.82, 2.24) is 5.32 Å². The summed E-state index contributed by atoms with van der Waals surface area (Å²) in [6, 6.07) is 0. The molecule has 0 unspecified atom stereocenters. The van der Waals surface area contributed by atoms with Crippen LogP contribution in [0.15, 0.2) is 0 Å². The Kier molecular flexibility index (Phi) is 1.52. The van der Waals surface area contributed by atoms with Crippen molar-refractivity contribution >= 4 is 0 Å². The van der Waals surface area contributed by atoms with Crippen molar-refractivity contribution in [2.75, 3.05) is 13.1 Å².